The second-order valence-electron chi connectivity index (χ2n) is 12.9. The zero-order valence-corrected chi connectivity index (χ0v) is 27.6. The average Bonchev–Trinajstić information content (AvgIpc) is 3.58. The molecule has 1 fully saturated rings. The van der Waals surface area contributed by atoms with Gasteiger partial charge in [0.1, 0.15) is 0 Å². The highest BCUT2D eigenvalue weighted by Gasteiger charge is 2.49. The summed E-state index contributed by atoms with van der Waals surface area (Å²) in [5.41, 5.74) is 5.98. The van der Waals surface area contributed by atoms with Crippen LogP contribution in [0.3, 0.4) is 0 Å². The maximum Gasteiger partial charge on any atom is 0.309 e. The van der Waals surface area contributed by atoms with Gasteiger partial charge in [0.25, 0.3) is 10.0 Å². The van der Waals surface area contributed by atoms with Crippen LogP contribution in [0.15, 0.2) is 77.8 Å². The molecule has 0 bridgehead atoms. The van der Waals surface area contributed by atoms with E-state index < -0.39 is 16.1 Å². The third-order valence-electron chi connectivity index (χ3n) is 9.94. The molecule has 1 aliphatic heterocycles. The molecule has 3 aromatic carbocycles. The van der Waals surface area contributed by atoms with Crippen LogP contribution in [0.2, 0.25) is 0 Å². The van der Waals surface area contributed by atoms with Crippen molar-refractivity contribution in [3.8, 4) is 0 Å². The van der Waals surface area contributed by atoms with Gasteiger partial charge in [-0.3, -0.25) is 9.69 Å². The van der Waals surface area contributed by atoms with Crippen molar-refractivity contribution < 1.29 is 23.1 Å². The highest BCUT2D eigenvalue weighted by molar-refractivity contribution is 7.90. The van der Waals surface area contributed by atoms with Gasteiger partial charge in [-0.05, 0) is 72.6 Å². The number of hydrogen-bond donors (Lipinski definition) is 1. The first-order chi connectivity index (χ1) is 21.6. The lowest BCUT2D eigenvalue weighted by molar-refractivity contribution is -0.155. The van der Waals surface area contributed by atoms with E-state index in [9.17, 15) is 18.3 Å². The van der Waals surface area contributed by atoms with Crippen molar-refractivity contribution in [2.24, 2.45) is 11.8 Å². The normalized spacial score (nSPS) is 23.8. The molecule has 0 amide bonds. The van der Waals surface area contributed by atoms with Crippen molar-refractivity contribution >= 4 is 26.9 Å². The molecule has 6 rings (SSSR count). The Morgan fingerprint density at radius 2 is 1.73 bits per heavy atom. The second-order valence-corrected chi connectivity index (χ2v) is 14.7. The molecule has 4 aromatic rings. The van der Waals surface area contributed by atoms with Crippen LogP contribution in [0.1, 0.15) is 86.4 Å². The summed E-state index contributed by atoms with van der Waals surface area (Å²) < 4.78 is 35.3. The summed E-state index contributed by atoms with van der Waals surface area (Å²) in [5, 5.41) is 12.6. The molecular weight excluding hydrogens is 584 g/mol. The Morgan fingerprint density at radius 3 is 2.42 bits per heavy atom. The number of nitrogens with zero attached hydrogens (tertiary/aromatic N) is 2. The number of esters is 1. The van der Waals surface area contributed by atoms with Crippen molar-refractivity contribution in [2.45, 2.75) is 82.9 Å². The third kappa shape index (κ3) is 5.41. The topological polar surface area (TPSA) is 88.8 Å². The molecule has 1 aliphatic carbocycles. The van der Waals surface area contributed by atoms with Crippen LogP contribution in [0, 0.1) is 18.8 Å². The fourth-order valence-corrected chi connectivity index (χ4v) is 9.28. The minimum Gasteiger partial charge on any atom is -0.466 e. The Kier molecular flexibility index (Phi) is 8.67. The molecule has 1 aromatic heterocycles. The number of carbonyl (C=O) groups is 1. The van der Waals surface area contributed by atoms with Gasteiger partial charge in [0.05, 0.1) is 35.1 Å². The van der Waals surface area contributed by atoms with Gasteiger partial charge in [-0.25, -0.2) is 12.4 Å². The molecule has 7 nitrogen and oxygen atoms in total. The van der Waals surface area contributed by atoms with E-state index in [4.69, 9.17) is 4.74 Å². The van der Waals surface area contributed by atoms with E-state index in [1.807, 2.05) is 50.2 Å². The average molecular weight is 629 g/mol. The molecule has 2 aliphatic rings. The summed E-state index contributed by atoms with van der Waals surface area (Å²) in [5.74, 6) is -0.431. The van der Waals surface area contributed by atoms with E-state index in [1.165, 1.54) is 15.1 Å². The maximum absolute atomic E-state index is 14.2. The van der Waals surface area contributed by atoms with Crippen LogP contribution in [-0.2, 0) is 26.0 Å². The van der Waals surface area contributed by atoms with E-state index in [2.05, 4.69) is 43.9 Å². The van der Waals surface area contributed by atoms with Crippen LogP contribution in [0.5, 0.6) is 0 Å². The Balaban J connectivity index is 1.57. The summed E-state index contributed by atoms with van der Waals surface area (Å²) in [7, 11) is -3.92. The van der Waals surface area contributed by atoms with Crippen molar-refractivity contribution in [1.82, 2.24) is 8.87 Å². The summed E-state index contributed by atoms with van der Waals surface area (Å²) in [6.45, 7) is 11.1. The van der Waals surface area contributed by atoms with Crippen LogP contribution in [0.4, 0.5) is 0 Å². The second kappa shape index (κ2) is 12.4. The van der Waals surface area contributed by atoms with Gasteiger partial charge < -0.3 is 9.84 Å². The number of aliphatic hydroxyl groups excluding tert-OH is 1. The molecule has 2 heterocycles. The molecule has 0 radical (unpaired) electrons. The molecule has 45 heavy (non-hydrogen) atoms. The highest BCUT2D eigenvalue weighted by atomic mass is 32.2. The standard InChI is InChI=1S/C37H44N2O5S/c1-6-27-30(37(41)44-7-2)19-20-38(36-33(40)21-25-11-10-13-28(23(3)4)34(25)36)35(27)31-22-39(32-14-9-8-12-29(31)32)45(42,43)26-17-15-24(5)16-18-26/h8-18,22-23,27,30,33,35-36,40H,6-7,19-21H2,1-5H3/t27-,30+,33+,35-,36+/m0/s1. The number of aliphatic hydroxyl groups is 1. The van der Waals surface area contributed by atoms with Gasteiger partial charge in [0.15, 0.2) is 0 Å². The van der Waals surface area contributed by atoms with Crippen LogP contribution in [0.25, 0.3) is 10.9 Å². The molecular formula is C37H44N2O5S. The smallest absolute Gasteiger partial charge is 0.309 e. The monoisotopic (exact) mass is 628 g/mol. The van der Waals surface area contributed by atoms with Gasteiger partial charge in [-0.15, -0.1) is 0 Å². The van der Waals surface area contributed by atoms with E-state index in [0.717, 1.165) is 22.1 Å². The molecule has 1 saturated heterocycles. The first-order valence-corrected chi connectivity index (χ1v) is 17.7. The molecule has 8 heteroatoms. The molecule has 0 unspecified atom stereocenters. The number of piperidine rings is 1. The van der Waals surface area contributed by atoms with E-state index >= 15 is 0 Å². The van der Waals surface area contributed by atoms with Crippen molar-refractivity contribution in [3.63, 3.8) is 0 Å². The first-order valence-electron chi connectivity index (χ1n) is 16.2. The molecule has 1 N–H and O–H groups in total. The maximum atomic E-state index is 14.2. The Bertz CT molecular complexity index is 1810. The first kappa shape index (κ1) is 31.5. The minimum absolute atomic E-state index is 0.151. The predicted molar refractivity (Wildman–Crippen MR) is 177 cm³/mol. The number of carbonyl (C=O) groups excluding carboxylic acids is 1. The van der Waals surface area contributed by atoms with Crippen LogP contribution < -0.4 is 0 Å². The number of aryl methyl sites for hydroxylation is 1. The molecule has 0 saturated carbocycles. The van der Waals surface area contributed by atoms with Gasteiger partial charge in [0.2, 0.25) is 0 Å². The lowest BCUT2D eigenvalue weighted by Gasteiger charge is -2.48. The van der Waals surface area contributed by atoms with Gasteiger partial charge in [-0.1, -0.05) is 81.3 Å². The number of benzene rings is 3. The number of ether oxygens (including phenoxy) is 1. The molecule has 0 spiro atoms. The SMILES string of the molecule is CCOC(=O)[C@@H]1CCN([C@H]2c3c(cccc3C(C)C)C[C@H]2O)[C@H](c2cn(S(=O)(=O)c3ccc(C)cc3)c3ccccc23)[C@H]1CC. The van der Waals surface area contributed by atoms with Crippen molar-refractivity contribution in [3.05, 3.63) is 101 Å². The van der Waals surface area contributed by atoms with Gasteiger partial charge in [0, 0.05) is 30.6 Å². The Hall–Kier alpha value is -3.46. The third-order valence-corrected chi connectivity index (χ3v) is 11.6. The Morgan fingerprint density at radius 1 is 1.00 bits per heavy atom. The number of aromatic nitrogens is 1. The summed E-state index contributed by atoms with van der Waals surface area (Å²) in [6, 6.07) is 20.3. The summed E-state index contributed by atoms with van der Waals surface area (Å²) in [6.07, 6.45) is 3.01. The van der Waals surface area contributed by atoms with Crippen molar-refractivity contribution in [2.75, 3.05) is 13.2 Å². The van der Waals surface area contributed by atoms with E-state index in [1.54, 1.807) is 18.3 Å². The number of fused-ring (bicyclic) bond motifs is 2. The zero-order valence-electron chi connectivity index (χ0n) is 26.8. The lowest BCUT2D eigenvalue weighted by atomic mass is 9.74. The number of para-hydroxylation sites is 1. The summed E-state index contributed by atoms with van der Waals surface area (Å²) >= 11 is 0. The number of rotatable bonds is 8. The quantitative estimate of drug-likeness (QED) is 0.213. The molecule has 238 valence electrons. The zero-order chi connectivity index (χ0) is 32.0. The van der Waals surface area contributed by atoms with Gasteiger partial charge in [-0.2, -0.15) is 0 Å². The summed E-state index contributed by atoms with van der Waals surface area (Å²) in [4.78, 5) is 16.0. The van der Waals surface area contributed by atoms with Gasteiger partial charge >= 0.3 is 5.97 Å². The molecule has 5 atom stereocenters. The minimum atomic E-state index is -3.92. The lowest BCUT2D eigenvalue weighted by Crippen LogP contribution is -2.49. The number of likely N-dealkylation sites (tertiary alicyclic amines) is 1. The highest BCUT2D eigenvalue weighted by Crippen LogP contribution is 2.51. The van der Waals surface area contributed by atoms with Crippen LogP contribution >= 0.6 is 0 Å². The Labute approximate surface area is 266 Å². The van der Waals surface area contributed by atoms with Crippen molar-refractivity contribution in [1.29, 1.82) is 0 Å². The predicted octanol–water partition coefficient (Wildman–Crippen LogP) is 6.92. The number of hydrogen-bond acceptors (Lipinski definition) is 6. The largest absolute Gasteiger partial charge is 0.466 e. The van der Waals surface area contributed by atoms with E-state index in [0.29, 0.717) is 37.9 Å². The van der Waals surface area contributed by atoms with Crippen LogP contribution in [-0.4, -0.2) is 47.6 Å². The van der Waals surface area contributed by atoms with E-state index in [-0.39, 0.29) is 40.7 Å². The fourth-order valence-electron chi connectivity index (χ4n) is 7.90. The fraction of sp³-hybridized carbons (Fsp3) is 0.432.